The van der Waals surface area contributed by atoms with E-state index in [0.29, 0.717) is 45.8 Å². The number of pyridine rings is 1. The second-order valence-electron chi connectivity index (χ2n) is 7.77. The fraction of sp³-hybridized carbons (Fsp3) is 0.0714. The lowest BCUT2D eigenvalue weighted by atomic mass is 9.95. The fourth-order valence-corrected chi connectivity index (χ4v) is 4.12. The summed E-state index contributed by atoms with van der Waals surface area (Å²) < 4.78 is 34.0. The number of allylic oxidation sites excluding steroid dienone is 1. The zero-order chi connectivity index (χ0) is 22.8. The number of ether oxygens (including phenoxy) is 1. The van der Waals surface area contributed by atoms with E-state index in [2.05, 4.69) is 4.98 Å². The summed E-state index contributed by atoms with van der Waals surface area (Å²) in [6.45, 7) is 0.460. The normalized spacial score (nSPS) is 12.7. The Morgan fingerprint density at radius 2 is 1.55 bits per heavy atom. The largest absolute Gasteiger partial charge is 0.493 e. The van der Waals surface area contributed by atoms with E-state index in [1.807, 2.05) is 30.3 Å². The summed E-state index contributed by atoms with van der Waals surface area (Å²) in [5, 5.41) is 0. The van der Waals surface area contributed by atoms with Crippen LogP contribution in [0.5, 0.6) is 5.75 Å². The van der Waals surface area contributed by atoms with Crippen LogP contribution in [0, 0.1) is 11.6 Å². The van der Waals surface area contributed by atoms with Crippen LogP contribution < -0.4 is 4.74 Å². The maximum absolute atomic E-state index is 14.0. The van der Waals surface area contributed by atoms with Crippen molar-refractivity contribution in [3.8, 4) is 5.75 Å². The van der Waals surface area contributed by atoms with Gasteiger partial charge >= 0.3 is 0 Å². The summed E-state index contributed by atoms with van der Waals surface area (Å²) in [5.41, 5.74) is 3.94. The average molecular weight is 439 g/mol. The van der Waals surface area contributed by atoms with Gasteiger partial charge in [-0.1, -0.05) is 36.4 Å². The number of aromatic nitrogens is 1. The van der Waals surface area contributed by atoms with E-state index in [-0.39, 0.29) is 5.78 Å². The molecule has 1 aromatic heterocycles. The smallest absolute Gasteiger partial charge is 0.195 e. The highest BCUT2D eigenvalue weighted by Gasteiger charge is 2.32. The van der Waals surface area contributed by atoms with Gasteiger partial charge in [0.05, 0.1) is 6.61 Å². The molecule has 0 unspecified atom stereocenters. The molecule has 0 aliphatic heterocycles. The minimum atomic E-state index is -0.704. The molecule has 0 bridgehead atoms. The molecule has 1 aliphatic carbocycles. The Hall–Kier alpha value is -4.12. The highest BCUT2D eigenvalue weighted by atomic mass is 19.1. The van der Waals surface area contributed by atoms with Gasteiger partial charge in [0.2, 0.25) is 0 Å². The summed E-state index contributed by atoms with van der Waals surface area (Å²) >= 11 is 0. The Morgan fingerprint density at radius 1 is 0.758 bits per heavy atom. The van der Waals surface area contributed by atoms with Gasteiger partial charge in [0.15, 0.2) is 5.78 Å². The van der Waals surface area contributed by atoms with Gasteiger partial charge < -0.3 is 4.74 Å². The molecule has 5 heteroatoms. The van der Waals surface area contributed by atoms with E-state index < -0.39 is 11.6 Å². The van der Waals surface area contributed by atoms with Crippen molar-refractivity contribution in [1.29, 1.82) is 0 Å². The number of halogens is 2. The van der Waals surface area contributed by atoms with Gasteiger partial charge in [0.25, 0.3) is 0 Å². The third-order valence-electron chi connectivity index (χ3n) is 5.59. The molecule has 162 valence electrons. The molecular formula is C28H19F2NO2. The van der Waals surface area contributed by atoms with Gasteiger partial charge in [-0.2, -0.15) is 0 Å². The number of Topliss-reactive ketones (excluding diaryl/α,β-unsaturated/α-hetero) is 1. The molecule has 0 radical (unpaired) electrons. The zero-order valence-corrected chi connectivity index (χ0v) is 17.6. The van der Waals surface area contributed by atoms with Crippen LogP contribution in [-0.4, -0.2) is 17.4 Å². The number of rotatable bonds is 6. The van der Waals surface area contributed by atoms with Gasteiger partial charge in [-0.15, -0.1) is 0 Å². The Morgan fingerprint density at radius 3 is 2.27 bits per heavy atom. The van der Waals surface area contributed by atoms with E-state index in [0.717, 1.165) is 18.1 Å². The fourth-order valence-electron chi connectivity index (χ4n) is 4.12. The average Bonchev–Trinajstić information content (AvgIpc) is 3.12. The maximum atomic E-state index is 14.0. The molecule has 0 saturated carbocycles. The topological polar surface area (TPSA) is 39.2 Å². The minimum Gasteiger partial charge on any atom is -0.493 e. The van der Waals surface area contributed by atoms with E-state index in [1.54, 1.807) is 42.7 Å². The molecular weight excluding hydrogens is 420 g/mol. The summed E-state index contributed by atoms with van der Waals surface area (Å²) in [6, 6.07) is 22.0. The number of ketones is 1. The Kier molecular flexibility index (Phi) is 5.53. The number of benzene rings is 3. The minimum absolute atomic E-state index is 0.230. The second kappa shape index (κ2) is 8.79. The summed E-state index contributed by atoms with van der Waals surface area (Å²) in [5.74, 6) is -1.07. The van der Waals surface area contributed by atoms with Crippen molar-refractivity contribution in [3.05, 3.63) is 131 Å². The molecule has 4 aromatic rings. The number of hydrogen-bond acceptors (Lipinski definition) is 3. The molecule has 5 rings (SSSR count). The van der Waals surface area contributed by atoms with Crippen LogP contribution in [0.15, 0.2) is 91.3 Å². The van der Waals surface area contributed by atoms with Gasteiger partial charge in [-0.25, -0.2) is 8.78 Å². The van der Waals surface area contributed by atoms with Crippen LogP contribution >= 0.6 is 0 Å². The quantitative estimate of drug-likeness (QED) is 0.362. The van der Waals surface area contributed by atoms with E-state index in [4.69, 9.17) is 4.74 Å². The van der Waals surface area contributed by atoms with Gasteiger partial charge in [-0.05, 0) is 53.1 Å². The number of hydrogen-bond donors (Lipinski definition) is 0. The number of carbonyl (C=O) groups is 1. The lowest BCUT2D eigenvalue weighted by Gasteiger charge is -2.10. The second-order valence-corrected chi connectivity index (χ2v) is 7.77. The summed E-state index contributed by atoms with van der Waals surface area (Å²) in [4.78, 5) is 17.6. The lowest BCUT2D eigenvalue weighted by Crippen LogP contribution is -2.03. The lowest BCUT2D eigenvalue weighted by molar-refractivity contribution is 0.105. The molecule has 0 saturated heterocycles. The van der Waals surface area contributed by atoms with E-state index in [9.17, 15) is 13.6 Å². The Labute approximate surface area is 190 Å². The first-order valence-corrected chi connectivity index (χ1v) is 10.6. The molecule has 33 heavy (non-hydrogen) atoms. The first-order valence-electron chi connectivity index (χ1n) is 10.6. The predicted octanol–water partition coefficient (Wildman–Crippen LogP) is 6.14. The van der Waals surface area contributed by atoms with Gasteiger partial charge in [-0.3, -0.25) is 9.78 Å². The third-order valence-corrected chi connectivity index (χ3v) is 5.59. The van der Waals surface area contributed by atoms with Crippen LogP contribution in [-0.2, 0) is 6.42 Å². The zero-order valence-electron chi connectivity index (χ0n) is 17.6. The highest BCUT2D eigenvalue weighted by molar-refractivity contribution is 6.41. The van der Waals surface area contributed by atoms with E-state index >= 15 is 0 Å². The first kappa shape index (κ1) is 20.8. The van der Waals surface area contributed by atoms with Crippen molar-refractivity contribution in [1.82, 2.24) is 4.98 Å². The van der Waals surface area contributed by atoms with Crippen molar-refractivity contribution < 1.29 is 18.3 Å². The van der Waals surface area contributed by atoms with Crippen LogP contribution in [0.25, 0.3) is 11.1 Å². The van der Waals surface area contributed by atoms with Gasteiger partial charge in [0, 0.05) is 47.2 Å². The number of nitrogens with zero attached hydrogens (tertiary/aromatic N) is 1. The van der Waals surface area contributed by atoms with Crippen molar-refractivity contribution in [2.45, 2.75) is 6.42 Å². The van der Waals surface area contributed by atoms with Crippen molar-refractivity contribution >= 4 is 16.9 Å². The molecule has 3 aromatic carbocycles. The van der Waals surface area contributed by atoms with Crippen LogP contribution in [0.1, 0.15) is 32.6 Å². The van der Waals surface area contributed by atoms with Crippen LogP contribution in [0.3, 0.4) is 0 Å². The molecule has 0 amide bonds. The first-order chi connectivity index (χ1) is 16.1. The highest BCUT2D eigenvalue weighted by Crippen LogP contribution is 2.43. The van der Waals surface area contributed by atoms with Crippen molar-refractivity contribution in [2.75, 3.05) is 6.61 Å². The molecule has 3 nitrogen and oxygen atoms in total. The number of fused-ring (bicyclic) bond motifs is 1. The standard InChI is InChI=1S/C28H19F2NO2/c29-21-13-20(14-22(30)15-21)26-24-9-8-23(33-12-10-18-5-2-1-3-6-18)16-25(24)28(32)27(26)19-7-4-11-31-17-19/h1-9,11,13-17H,10,12H2. The predicted molar refractivity (Wildman–Crippen MR) is 123 cm³/mol. The number of carbonyl (C=O) groups excluding carboxylic acids is 1. The molecule has 0 spiro atoms. The molecule has 1 heterocycles. The van der Waals surface area contributed by atoms with Crippen LogP contribution in [0.4, 0.5) is 8.78 Å². The summed E-state index contributed by atoms with van der Waals surface area (Å²) in [6.07, 6.45) is 3.92. The molecule has 1 aliphatic rings. The SMILES string of the molecule is O=C1C(c2cccnc2)=C(c2cc(F)cc(F)c2)c2ccc(OCCc3ccccc3)cc21. The Bertz CT molecular complexity index is 1350. The van der Waals surface area contributed by atoms with Crippen molar-refractivity contribution in [2.24, 2.45) is 0 Å². The van der Waals surface area contributed by atoms with Gasteiger partial charge in [0.1, 0.15) is 17.4 Å². The van der Waals surface area contributed by atoms with Crippen molar-refractivity contribution in [3.63, 3.8) is 0 Å². The molecule has 0 fully saturated rings. The monoisotopic (exact) mass is 439 g/mol. The third kappa shape index (κ3) is 4.17. The molecule has 0 atom stereocenters. The maximum Gasteiger partial charge on any atom is 0.195 e. The van der Waals surface area contributed by atoms with E-state index in [1.165, 1.54) is 12.1 Å². The summed E-state index contributed by atoms with van der Waals surface area (Å²) in [7, 11) is 0. The molecule has 0 N–H and O–H groups in total. The van der Waals surface area contributed by atoms with Crippen LogP contribution in [0.2, 0.25) is 0 Å². The Balaban J connectivity index is 1.52.